The molecule has 1 rings (SSSR count). The van der Waals surface area contributed by atoms with Gasteiger partial charge in [0.1, 0.15) is 12.4 Å². The lowest BCUT2D eigenvalue weighted by molar-refractivity contribution is 0.0600. The van der Waals surface area contributed by atoms with Gasteiger partial charge in [0.05, 0.1) is 12.7 Å². The Morgan fingerprint density at radius 2 is 1.76 bits per heavy atom. The molecular weight excluding hydrogens is 264 g/mol. The normalized spacial score (nSPS) is 10.8. The molecule has 0 aliphatic heterocycles. The van der Waals surface area contributed by atoms with Crippen LogP contribution in [0.3, 0.4) is 0 Å². The number of methoxy groups -OCH3 is 1. The molecule has 1 aromatic rings. The van der Waals surface area contributed by atoms with Crippen molar-refractivity contribution in [3.8, 4) is 5.75 Å². The molecule has 0 heterocycles. The van der Waals surface area contributed by atoms with Crippen molar-refractivity contribution in [3.63, 3.8) is 0 Å². The van der Waals surface area contributed by atoms with E-state index in [0.717, 1.165) is 12.2 Å². The Labute approximate surface area is 128 Å². The van der Waals surface area contributed by atoms with E-state index >= 15 is 0 Å². The summed E-state index contributed by atoms with van der Waals surface area (Å²) >= 11 is 0. The summed E-state index contributed by atoms with van der Waals surface area (Å²) in [6.07, 6.45) is 11.9. The third-order valence-electron chi connectivity index (χ3n) is 3.26. The molecule has 0 amide bonds. The zero-order valence-corrected chi connectivity index (χ0v) is 13.1. The van der Waals surface area contributed by atoms with Gasteiger partial charge >= 0.3 is 5.97 Å². The number of benzene rings is 1. The summed E-state index contributed by atoms with van der Waals surface area (Å²) < 4.78 is 10.2. The summed E-state index contributed by atoms with van der Waals surface area (Å²) in [7, 11) is 1.37. The number of allylic oxidation sites excluding steroid dienone is 1. The summed E-state index contributed by atoms with van der Waals surface area (Å²) in [6, 6.07) is 6.98. The van der Waals surface area contributed by atoms with Gasteiger partial charge in [-0.25, -0.2) is 4.79 Å². The molecular formula is C18H26O3. The number of carbonyl (C=O) groups excluding carboxylic acids is 1. The topological polar surface area (TPSA) is 35.5 Å². The van der Waals surface area contributed by atoms with Crippen LogP contribution in [-0.2, 0) is 4.74 Å². The zero-order chi connectivity index (χ0) is 15.3. The molecule has 3 nitrogen and oxygen atoms in total. The smallest absolute Gasteiger partial charge is 0.337 e. The molecule has 0 saturated heterocycles. The van der Waals surface area contributed by atoms with Gasteiger partial charge in [-0.2, -0.15) is 0 Å². The van der Waals surface area contributed by atoms with Gasteiger partial charge in [0.25, 0.3) is 0 Å². The lowest BCUT2D eigenvalue weighted by atomic mass is 10.1. The largest absolute Gasteiger partial charge is 0.490 e. The maximum atomic E-state index is 11.3. The van der Waals surface area contributed by atoms with E-state index in [-0.39, 0.29) is 5.97 Å². The van der Waals surface area contributed by atoms with Crippen molar-refractivity contribution in [3.05, 3.63) is 42.0 Å². The fourth-order valence-corrected chi connectivity index (χ4v) is 2.00. The molecule has 0 saturated carbocycles. The van der Waals surface area contributed by atoms with Crippen molar-refractivity contribution in [1.29, 1.82) is 0 Å². The lowest BCUT2D eigenvalue weighted by Crippen LogP contribution is -2.01. The highest BCUT2D eigenvalue weighted by molar-refractivity contribution is 5.89. The minimum Gasteiger partial charge on any atom is -0.490 e. The average Bonchev–Trinajstić information content (AvgIpc) is 2.53. The van der Waals surface area contributed by atoms with Crippen LogP contribution in [0.15, 0.2) is 36.4 Å². The number of hydrogen-bond acceptors (Lipinski definition) is 3. The highest BCUT2D eigenvalue weighted by atomic mass is 16.5. The van der Waals surface area contributed by atoms with Gasteiger partial charge in [-0.3, -0.25) is 0 Å². The van der Waals surface area contributed by atoms with Crippen molar-refractivity contribution in [2.45, 2.75) is 45.4 Å². The van der Waals surface area contributed by atoms with Gasteiger partial charge in [-0.1, -0.05) is 44.8 Å². The summed E-state index contributed by atoms with van der Waals surface area (Å²) in [5.74, 6) is 0.430. The number of ether oxygens (including phenoxy) is 2. The molecule has 21 heavy (non-hydrogen) atoms. The van der Waals surface area contributed by atoms with Crippen LogP contribution in [0.5, 0.6) is 5.75 Å². The number of hydrogen-bond donors (Lipinski definition) is 0. The number of unbranched alkanes of at least 4 members (excludes halogenated alkanes) is 5. The number of carbonyl (C=O) groups is 1. The van der Waals surface area contributed by atoms with Crippen LogP contribution < -0.4 is 4.74 Å². The average molecular weight is 290 g/mol. The van der Waals surface area contributed by atoms with E-state index in [2.05, 4.69) is 17.7 Å². The second-order valence-corrected chi connectivity index (χ2v) is 5.00. The second-order valence-electron chi connectivity index (χ2n) is 5.00. The maximum absolute atomic E-state index is 11.3. The first-order valence-electron chi connectivity index (χ1n) is 7.74. The van der Waals surface area contributed by atoms with Gasteiger partial charge in [0.15, 0.2) is 0 Å². The molecule has 0 atom stereocenters. The molecule has 0 fully saturated rings. The zero-order valence-electron chi connectivity index (χ0n) is 13.1. The second kappa shape index (κ2) is 11.0. The van der Waals surface area contributed by atoms with Gasteiger partial charge in [-0.15, -0.1) is 0 Å². The molecule has 0 N–H and O–H groups in total. The van der Waals surface area contributed by atoms with Gasteiger partial charge in [0.2, 0.25) is 0 Å². The predicted octanol–water partition coefficient (Wildman–Crippen LogP) is 4.77. The fraction of sp³-hybridized carbons (Fsp3) is 0.500. The first kappa shape index (κ1) is 17.3. The van der Waals surface area contributed by atoms with E-state index in [9.17, 15) is 4.79 Å². The summed E-state index contributed by atoms with van der Waals surface area (Å²) in [4.78, 5) is 11.3. The standard InChI is InChI=1S/C18H26O3/c1-3-4-5-6-7-8-9-10-15-21-17-13-11-16(12-14-17)18(19)20-2/h9-14H,3-8,15H2,1-2H3/b10-9+. The lowest BCUT2D eigenvalue weighted by Gasteiger charge is -2.04. The van der Waals surface area contributed by atoms with Crippen molar-refractivity contribution < 1.29 is 14.3 Å². The molecule has 1 aromatic carbocycles. The van der Waals surface area contributed by atoms with Crippen molar-refractivity contribution in [2.75, 3.05) is 13.7 Å². The van der Waals surface area contributed by atoms with Crippen LogP contribution in [-0.4, -0.2) is 19.7 Å². The SMILES string of the molecule is CCCCCCC/C=C/COc1ccc(C(=O)OC)cc1. The van der Waals surface area contributed by atoms with E-state index in [0.29, 0.717) is 12.2 Å². The summed E-state index contributed by atoms with van der Waals surface area (Å²) in [5, 5.41) is 0. The van der Waals surface area contributed by atoms with Crippen LogP contribution in [0.4, 0.5) is 0 Å². The summed E-state index contributed by atoms with van der Waals surface area (Å²) in [5.41, 5.74) is 0.535. The fourth-order valence-electron chi connectivity index (χ4n) is 2.00. The Morgan fingerprint density at radius 1 is 1.05 bits per heavy atom. The van der Waals surface area contributed by atoms with Gasteiger partial charge in [-0.05, 0) is 37.1 Å². The molecule has 0 aliphatic carbocycles. The van der Waals surface area contributed by atoms with Crippen LogP contribution in [0.25, 0.3) is 0 Å². The molecule has 0 spiro atoms. The maximum Gasteiger partial charge on any atom is 0.337 e. The van der Waals surface area contributed by atoms with E-state index < -0.39 is 0 Å². The van der Waals surface area contributed by atoms with Crippen LogP contribution >= 0.6 is 0 Å². The van der Waals surface area contributed by atoms with Crippen LogP contribution in [0, 0.1) is 0 Å². The van der Waals surface area contributed by atoms with E-state index in [1.807, 2.05) is 6.08 Å². The molecule has 0 radical (unpaired) electrons. The van der Waals surface area contributed by atoms with Crippen LogP contribution in [0.1, 0.15) is 55.8 Å². The van der Waals surface area contributed by atoms with Gasteiger partial charge in [0, 0.05) is 0 Å². The first-order valence-corrected chi connectivity index (χ1v) is 7.74. The highest BCUT2D eigenvalue weighted by Gasteiger charge is 2.03. The molecule has 116 valence electrons. The Hall–Kier alpha value is -1.77. The van der Waals surface area contributed by atoms with Crippen molar-refractivity contribution in [1.82, 2.24) is 0 Å². The Morgan fingerprint density at radius 3 is 2.43 bits per heavy atom. The Balaban J connectivity index is 2.16. The first-order chi connectivity index (χ1) is 10.3. The highest BCUT2D eigenvalue weighted by Crippen LogP contribution is 2.13. The molecule has 0 aromatic heterocycles. The Kier molecular flexibility index (Phi) is 9.01. The van der Waals surface area contributed by atoms with Crippen molar-refractivity contribution >= 4 is 5.97 Å². The van der Waals surface area contributed by atoms with E-state index in [4.69, 9.17) is 4.74 Å². The molecule has 0 aliphatic rings. The minimum absolute atomic E-state index is 0.329. The molecule has 0 unspecified atom stereocenters. The quantitative estimate of drug-likeness (QED) is 0.354. The number of rotatable bonds is 10. The van der Waals surface area contributed by atoms with Crippen LogP contribution in [0.2, 0.25) is 0 Å². The predicted molar refractivity (Wildman–Crippen MR) is 85.8 cm³/mol. The van der Waals surface area contributed by atoms with E-state index in [1.54, 1.807) is 24.3 Å². The number of esters is 1. The monoisotopic (exact) mass is 290 g/mol. The van der Waals surface area contributed by atoms with Crippen molar-refractivity contribution in [2.24, 2.45) is 0 Å². The molecule has 3 heteroatoms. The third-order valence-corrected chi connectivity index (χ3v) is 3.26. The molecule has 0 bridgehead atoms. The van der Waals surface area contributed by atoms with Gasteiger partial charge < -0.3 is 9.47 Å². The summed E-state index contributed by atoms with van der Waals surface area (Å²) in [6.45, 7) is 2.79. The van der Waals surface area contributed by atoms with E-state index in [1.165, 1.54) is 39.2 Å². The minimum atomic E-state index is -0.329. The third kappa shape index (κ3) is 7.54. The Bertz CT molecular complexity index is 421.